The minimum absolute atomic E-state index is 0.279. The normalized spacial score (nSPS) is 22.0. The molecule has 1 heterocycles. The summed E-state index contributed by atoms with van der Waals surface area (Å²) in [5, 5.41) is 0. The van der Waals surface area contributed by atoms with Gasteiger partial charge in [-0.25, -0.2) is 8.42 Å². The third-order valence-corrected chi connectivity index (χ3v) is 3.96. The molecule has 5 nitrogen and oxygen atoms in total. The number of rotatable bonds is 3. The van der Waals surface area contributed by atoms with Crippen LogP contribution in [0.5, 0.6) is 0 Å². The average molecular weight is 207 g/mol. The fourth-order valence-electron chi connectivity index (χ4n) is 1.43. The zero-order valence-corrected chi connectivity index (χ0v) is 8.76. The zero-order valence-electron chi connectivity index (χ0n) is 7.94. The van der Waals surface area contributed by atoms with Crippen LogP contribution in [-0.4, -0.2) is 56.2 Å². The highest BCUT2D eigenvalue weighted by Gasteiger charge is 2.24. The van der Waals surface area contributed by atoms with Crippen molar-refractivity contribution in [2.75, 3.05) is 38.6 Å². The van der Waals surface area contributed by atoms with E-state index in [1.165, 1.54) is 4.31 Å². The summed E-state index contributed by atoms with van der Waals surface area (Å²) in [4.78, 5) is 2.22. The number of nitrogens with two attached hydrogens (primary N) is 1. The highest BCUT2D eigenvalue weighted by Crippen LogP contribution is 2.05. The van der Waals surface area contributed by atoms with Crippen LogP contribution in [0.4, 0.5) is 0 Å². The highest BCUT2D eigenvalue weighted by atomic mass is 32.2. The summed E-state index contributed by atoms with van der Waals surface area (Å²) in [6, 6.07) is 0. The van der Waals surface area contributed by atoms with Gasteiger partial charge in [0.2, 0.25) is 10.0 Å². The van der Waals surface area contributed by atoms with E-state index in [0.717, 1.165) is 19.6 Å². The van der Waals surface area contributed by atoms with Gasteiger partial charge in [0.25, 0.3) is 0 Å². The molecule has 0 aromatic carbocycles. The first kappa shape index (κ1) is 10.9. The SMILES string of the molecule is CCN1CCN(S(=O)(=O)CN)CC1. The van der Waals surface area contributed by atoms with Crippen molar-refractivity contribution in [2.24, 2.45) is 5.73 Å². The molecule has 1 rings (SSSR count). The Labute approximate surface area is 79.5 Å². The predicted octanol–water partition coefficient (Wildman–Crippen LogP) is -1.13. The van der Waals surface area contributed by atoms with Gasteiger partial charge in [0.1, 0.15) is 5.88 Å². The van der Waals surface area contributed by atoms with Gasteiger partial charge in [-0.1, -0.05) is 6.92 Å². The van der Waals surface area contributed by atoms with Crippen LogP contribution in [0.15, 0.2) is 0 Å². The molecule has 0 aliphatic carbocycles. The van der Waals surface area contributed by atoms with E-state index >= 15 is 0 Å². The summed E-state index contributed by atoms with van der Waals surface area (Å²) >= 11 is 0. The van der Waals surface area contributed by atoms with Crippen molar-refractivity contribution in [2.45, 2.75) is 6.92 Å². The van der Waals surface area contributed by atoms with Gasteiger partial charge in [-0.15, -0.1) is 0 Å². The average Bonchev–Trinajstić information content (AvgIpc) is 2.18. The third-order valence-electron chi connectivity index (χ3n) is 2.38. The zero-order chi connectivity index (χ0) is 9.90. The van der Waals surface area contributed by atoms with Crippen LogP contribution in [0.25, 0.3) is 0 Å². The summed E-state index contributed by atoms with van der Waals surface area (Å²) in [7, 11) is -3.17. The molecule has 0 aromatic heterocycles. The molecule has 0 radical (unpaired) electrons. The fraction of sp³-hybridized carbons (Fsp3) is 1.00. The van der Waals surface area contributed by atoms with Crippen molar-refractivity contribution >= 4 is 10.0 Å². The van der Waals surface area contributed by atoms with E-state index in [1.54, 1.807) is 0 Å². The van der Waals surface area contributed by atoms with Crippen molar-refractivity contribution in [3.8, 4) is 0 Å². The lowest BCUT2D eigenvalue weighted by Gasteiger charge is -2.32. The van der Waals surface area contributed by atoms with Gasteiger partial charge in [0.15, 0.2) is 0 Å². The topological polar surface area (TPSA) is 66.6 Å². The van der Waals surface area contributed by atoms with Crippen LogP contribution < -0.4 is 5.73 Å². The number of nitrogens with zero attached hydrogens (tertiary/aromatic N) is 2. The summed E-state index contributed by atoms with van der Waals surface area (Å²) in [5.41, 5.74) is 5.16. The molecule has 1 aliphatic heterocycles. The van der Waals surface area contributed by atoms with Gasteiger partial charge < -0.3 is 10.6 Å². The monoisotopic (exact) mass is 207 g/mol. The number of likely N-dealkylation sites (N-methyl/N-ethyl adjacent to an activating group) is 1. The minimum Gasteiger partial charge on any atom is -0.317 e. The largest absolute Gasteiger partial charge is 0.317 e. The van der Waals surface area contributed by atoms with E-state index in [1.807, 2.05) is 0 Å². The second-order valence-corrected chi connectivity index (χ2v) is 5.13. The Kier molecular flexibility index (Phi) is 3.66. The molecule has 0 bridgehead atoms. The van der Waals surface area contributed by atoms with Crippen molar-refractivity contribution < 1.29 is 8.42 Å². The molecular formula is C7H17N3O2S. The van der Waals surface area contributed by atoms with Crippen LogP contribution in [0.2, 0.25) is 0 Å². The van der Waals surface area contributed by atoms with Crippen LogP contribution in [-0.2, 0) is 10.0 Å². The Hall–Kier alpha value is -0.170. The van der Waals surface area contributed by atoms with Crippen molar-refractivity contribution in [3.63, 3.8) is 0 Å². The van der Waals surface area contributed by atoms with E-state index < -0.39 is 10.0 Å². The molecule has 1 aliphatic rings. The Balaban J connectivity index is 2.50. The number of hydrogen-bond donors (Lipinski definition) is 1. The maximum absolute atomic E-state index is 11.3. The Morgan fingerprint density at radius 2 is 1.77 bits per heavy atom. The van der Waals surface area contributed by atoms with E-state index in [9.17, 15) is 8.42 Å². The molecule has 0 atom stereocenters. The highest BCUT2D eigenvalue weighted by molar-refractivity contribution is 7.89. The first-order chi connectivity index (χ1) is 6.10. The number of hydrogen-bond acceptors (Lipinski definition) is 4. The van der Waals surface area contributed by atoms with Crippen LogP contribution in [0, 0.1) is 0 Å². The Morgan fingerprint density at radius 1 is 1.23 bits per heavy atom. The standard InChI is InChI=1S/C7H17N3O2S/c1-2-9-3-5-10(6-4-9)13(11,12)7-8/h2-8H2,1H3. The molecule has 1 fully saturated rings. The molecule has 2 N–H and O–H groups in total. The van der Waals surface area contributed by atoms with Gasteiger partial charge >= 0.3 is 0 Å². The lowest BCUT2D eigenvalue weighted by Crippen LogP contribution is -2.49. The summed E-state index contributed by atoms with van der Waals surface area (Å²) in [6.45, 7) is 5.84. The predicted molar refractivity (Wildman–Crippen MR) is 51.7 cm³/mol. The quantitative estimate of drug-likeness (QED) is 0.636. The van der Waals surface area contributed by atoms with E-state index in [-0.39, 0.29) is 5.88 Å². The van der Waals surface area contributed by atoms with Gasteiger partial charge in [0, 0.05) is 26.2 Å². The second kappa shape index (κ2) is 4.36. The van der Waals surface area contributed by atoms with E-state index in [0.29, 0.717) is 13.1 Å². The van der Waals surface area contributed by atoms with Crippen LogP contribution >= 0.6 is 0 Å². The fourth-order valence-corrected chi connectivity index (χ4v) is 2.36. The Bertz CT molecular complexity index is 244. The maximum Gasteiger partial charge on any atom is 0.227 e. The molecule has 13 heavy (non-hydrogen) atoms. The minimum atomic E-state index is -3.17. The summed E-state index contributed by atoms with van der Waals surface area (Å²) < 4.78 is 24.1. The molecule has 0 spiro atoms. The smallest absolute Gasteiger partial charge is 0.227 e. The first-order valence-corrected chi connectivity index (χ1v) is 6.11. The van der Waals surface area contributed by atoms with Gasteiger partial charge in [0.05, 0.1) is 0 Å². The van der Waals surface area contributed by atoms with Gasteiger partial charge in [-0.3, -0.25) is 0 Å². The van der Waals surface area contributed by atoms with Crippen LogP contribution in [0.1, 0.15) is 6.92 Å². The van der Waals surface area contributed by atoms with Crippen LogP contribution in [0.3, 0.4) is 0 Å². The van der Waals surface area contributed by atoms with Gasteiger partial charge in [-0.05, 0) is 6.54 Å². The molecule has 78 valence electrons. The number of piperazine rings is 1. The maximum atomic E-state index is 11.3. The lowest BCUT2D eigenvalue weighted by atomic mass is 10.4. The lowest BCUT2D eigenvalue weighted by molar-refractivity contribution is 0.196. The summed E-state index contributed by atoms with van der Waals surface area (Å²) in [5.74, 6) is -0.279. The van der Waals surface area contributed by atoms with Gasteiger partial charge in [-0.2, -0.15) is 4.31 Å². The summed E-state index contributed by atoms with van der Waals surface area (Å²) in [6.07, 6.45) is 0. The molecule has 0 unspecified atom stereocenters. The van der Waals surface area contributed by atoms with Crippen molar-refractivity contribution in [3.05, 3.63) is 0 Å². The van der Waals surface area contributed by atoms with Crippen molar-refractivity contribution in [1.82, 2.24) is 9.21 Å². The molecule has 0 amide bonds. The van der Waals surface area contributed by atoms with E-state index in [2.05, 4.69) is 11.8 Å². The first-order valence-electron chi connectivity index (χ1n) is 4.50. The molecular weight excluding hydrogens is 190 g/mol. The molecule has 1 saturated heterocycles. The van der Waals surface area contributed by atoms with E-state index in [4.69, 9.17) is 5.73 Å². The molecule has 0 aromatic rings. The Morgan fingerprint density at radius 3 is 2.15 bits per heavy atom. The number of sulfonamides is 1. The molecule has 6 heteroatoms. The second-order valence-electron chi connectivity index (χ2n) is 3.11. The van der Waals surface area contributed by atoms with Crippen molar-refractivity contribution in [1.29, 1.82) is 0 Å². The molecule has 0 saturated carbocycles. The third kappa shape index (κ3) is 2.63.